The van der Waals surface area contributed by atoms with Gasteiger partial charge in [0.15, 0.2) is 0 Å². The number of nitrogens with zero attached hydrogens (tertiary/aromatic N) is 4. The Bertz CT molecular complexity index is 442. The lowest BCUT2D eigenvalue weighted by molar-refractivity contribution is 0.545. The Kier molecular flexibility index (Phi) is 4.49. The third-order valence-electron chi connectivity index (χ3n) is 2.59. The van der Waals surface area contributed by atoms with E-state index in [0.717, 1.165) is 17.5 Å². The van der Waals surface area contributed by atoms with Crippen LogP contribution in [0.25, 0.3) is 0 Å². The van der Waals surface area contributed by atoms with Crippen LogP contribution in [0.2, 0.25) is 0 Å². The van der Waals surface area contributed by atoms with Crippen LogP contribution < -0.4 is 10.2 Å². The van der Waals surface area contributed by atoms with Crippen LogP contribution in [0.5, 0.6) is 0 Å². The van der Waals surface area contributed by atoms with Crippen molar-refractivity contribution < 1.29 is 0 Å². The van der Waals surface area contributed by atoms with Gasteiger partial charge in [0.2, 0.25) is 0 Å². The monoisotopic (exact) mass is 247 g/mol. The molecule has 0 aliphatic rings. The standard InChI is InChI=1S/C13H21N5/c1-13(2,3)12-16-10(15-4)9-11(17-12)18(5)8-6-7-14/h9H,6,8H2,1-5H3,(H,15,16,17). The van der Waals surface area contributed by atoms with Crippen LogP contribution in [-0.2, 0) is 5.41 Å². The summed E-state index contributed by atoms with van der Waals surface area (Å²) in [5, 5.41) is 11.7. The number of aromatic nitrogens is 2. The summed E-state index contributed by atoms with van der Waals surface area (Å²) in [5.41, 5.74) is -0.0995. The Morgan fingerprint density at radius 2 is 2.06 bits per heavy atom. The van der Waals surface area contributed by atoms with Crippen molar-refractivity contribution in [2.75, 3.05) is 30.9 Å². The van der Waals surface area contributed by atoms with Gasteiger partial charge in [-0.05, 0) is 0 Å². The van der Waals surface area contributed by atoms with E-state index in [1.807, 2.05) is 25.1 Å². The maximum atomic E-state index is 8.62. The van der Waals surface area contributed by atoms with Crippen LogP contribution in [0.15, 0.2) is 6.07 Å². The first kappa shape index (κ1) is 14.2. The molecule has 5 nitrogen and oxygen atoms in total. The molecule has 0 spiro atoms. The second-order valence-electron chi connectivity index (χ2n) is 5.26. The van der Waals surface area contributed by atoms with E-state index in [0.29, 0.717) is 13.0 Å². The van der Waals surface area contributed by atoms with Gasteiger partial charge in [0.1, 0.15) is 17.5 Å². The van der Waals surface area contributed by atoms with E-state index in [1.165, 1.54) is 0 Å². The molecule has 0 amide bonds. The lowest BCUT2D eigenvalue weighted by Gasteiger charge is -2.22. The van der Waals surface area contributed by atoms with Gasteiger partial charge in [-0.2, -0.15) is 5.26 Å². The smallest absolute Gasteiger partial charge is 0.138 e. The van der Waals surface area contributed by atoms with E-state index >= 15 is 0 Å². The van der Waals surface area contributed by atoms with Crippen LogP contribution in [0.1, 0.15) is 33.0 Å². The average molecular weight is 247 g/mol. The molecule has 0 unspecified atom stereocenters. The summed E-state index contributed by atoms with van der Waals surface area (Å²) >= 11 is 0. The molecule has 1 aromatic rings. The molecule has 1 rings (SSSR count). The molecule has 1 N–H and O–H groups in total. The minimum absolute atomic E-state index is 0.0995. The largest absolute Gasteiger partial charge is 0.373 e. The third kappa shape index (κ3) is 3.59. The van der Waals surface area contributed by atoms with Crippen LogP contribution >= 0.6 is 0 Å². The zero-order chi connectivity index (χ0) is 13.8. The summed E-state index contributed by atoms with van der Waals surface area (Å²) < 4.78 is 0. The van der Waals surface area contributed by atoms with E-state index in [-0.39, 0.29) is 5.41 Å². The molecule has 0 aliphatic heterocycles. The Hall–Kier alpha value is -1.83. The van der Waals surface area contributed by atoms with Gasteiger partial charge in [-0.1, -0.05) is 20.8 Å². The molecule has 0 bridgehead atoms. The molecule has 98 valence electrons. The number of rotatable bonds is 4. The van der Waals surface area contributed by atoms with E-state index in [1.54, 1.807) is 0 Å². The molecule has 1 heterocycles. The lowest BCUT2D eigenvalue weighted by atomic mass is 9.96. The van der Waals surface area contributed by atoms with E-state index < -0.39 is 0 Å². The molecule has 0 aromatic carbocycles. The SMILES string of the molecule is CNc1cc(N(C)CCC#N)nc(C(C)(C)C)n1. The number of hydrogen-bond acceptors (Lipinski definition) is 5. The Morgan fingerprint density at radius 3 is 2.56 bits per heavy atom. The van der Waals surface area contributed by atoms with E-state index in [9.17, 15) is 0 Å². The van der Waals surface area contributed by atoms with Gasteiger partial charge in [-0.3, -0.25) is 0 Å². The average Bonchev–Trinajstić information content (AvgIpc) is 2.34. The molecule has 5 heteroatoms. The third-order valence-corrected chi connectivity index (χ3v) is 2.59. The normalized spacial score (nSPS) is 10.9. The molecule has 0 saturated carbocycles. The first-order valence-corrected chi connectivity index (χ1v) is 6.04. The summed E-state index contributed by atoms with van der Waals surface area (Å²) in [4.78, 5) is 11.0. The van der Waals surface area contributed by atoms with Crippen LogP contribution in [0.4, 0.5) is 11.6 Å². The van der Waals surface area contributed by atoms with Crippen molar-refractivity contribution in [1.29, 1.82) is 5.26 Å². The summed E-state index contributed by atoms with van der Waals surface area (Å²) in [5.74, 6) is 2.44. The fraction of sp³-hybridized carbons (Fsp3) is 0.615. The molecular formula is C13H21N5. The molecule has 1 aromatic heterocycles. The first-order valence-electron chi connectivity index (χ1n) is 6.04. The fourth-order valence-electron chi connectivity index (χ4n) is 1.43. The van der Waals surface area contributed by atoms with Crippen molar-refractivity contribution in [3.63, 3.8) is 0 Å². The summed E-state index contributed by atoms with van der Waals surface area (Å²) in [6.07, 6.45) is 0.486. The molecule has 0 saturated heterocycles. The van der Waals surface area contributed by atoms with Gasteiger partial charge in [0.05, 0.1) is 12.5 Å². The van der Waals surface area contributed by atoms with Gasteiger partial charge in [0.25, 0.3) is 0 Å². The Morgan fingerprint density at radius 1 is 1.39 bits per heavy atom. The lowest BCUT2D eigenvalue weighted by Crippen LogP contribution is -2.23. The summed E-state index contributed by atoms with van der Waals surface area (Å²) in [6.45, 7) is 6.92. The van der Waals surface area contributed by atoms with Crippen LogP contribution in [0, 0.1) is 11.3 Å². The Balaban J connectivity index is 3.09. The number of nitriles is 1. The van der Waals surface area contributed by atoms with Crippen molar-refractivity contribution in [2.45, 2.75) is 32.6 Å². The van der Waals surface area contributed by atoms with Crippen molar-refractivity contribution in [2.24, 2.45) is 0 Å². The number of nitrogens with one attached hydrogen (secondary N) is 1. The van der Waals surface area contributed by atoms with E-state index in [2.05, 4.69) is 42.1 Å². The zero-order valence-electron chi connectivity index (χ0n) is 11.8. The second-order valence-corrected chi connectivity index (χ2v) is 5.26. The molecule has 18 heavy (non-hydrogen) atoms. The molecule has 0 radical (unpaired) electrons. The predicted molar refractivity (Wildman–Crippen MR) is 73.8 cm³/mol. The van der Waals surface area contributed by atoms with Gasteiger partial charge in [0, 0.05) is 32.1 Å². The topological polar surface area (TPSA) is 64.8 Å². The summed E-state index contributed by atoms with van der Waals surface area (Å²) in [6, 6.07) is 4.04. The van der Waals surface area contributed by atoms with Crippen LogP contribution in [-0.4, -0.2) is 30.6 Å². The molecule has 0 atom stereocenters. The van der Waals surface area contributed by atoms with Gasteiger partial charge in [-0.15, -0.1) is 0 Å². The number of anilines is 2. The second kappa shape index (κ2) is 5.67. The van der Waals surface area contributed by atoms with Crippen molar-refractivity contribution in [1.82, 2.24) is 9.97 Å². The van der Waals surface area contributed by atoms with Crippen LogP contribution in [0.3, 0.4) is 0 Å². The van der Waals surface area contributed by atoms with Gasteiger partial charge in [-0.25, -0.2) is 9.97 Å². The highest BCUT2D eigenvalue weighted by Crippen LogP contribution is 2.23. The summed E-state index contributed by atoms with van der Waals surface area (Å²) in [7, 11) is 3.78. The highest BCUT2D eigenvalue weighted by Gasteiger charge is 2.19. The zero-order valence-corrected chi connectivity index (χ0v) is 11.8. The van der Waals surface area contributed by atoms with E-state index in [4.69, 9.17) is 5.26 Å². The Labute approximate surface area is 109 Å². The minimum atomic E-state index is -0.0995. The first-order chi connectivity index (χ1) is 8.38. The molecular weight excluding hydrogens is 226 g/mol. The fourth-order valence-corrected chi connectivity index (χ4v) is 1.43. The quantitative estimate of drug-likeness (QED) is 0.883. The highest BCUT2D eigenvalue weighted by atomic mass is 15.2. The van der Waals surface area contributed by atoms with Gasteiger partial charge < -0.3 is 10.2 Å². The van der Waals surface area contributed by atoms with Crippen molar-refractivity contribution >= 4 is 11.6 Å². The maximum Gasteiger partial charge on any atom is 0.138 e. The van der Waals surface area contributed by atoms with Crippen molar-refractivity contribution in [3.05, 3.63) is 11.9 Å². The highest BCUT2D eigenvalue weighted by molar-refractivity contribution is 5.49. The maximum absolute atomic E-state index is 8.62. The minimum Gasteiger partial charge on any atom is -0.373 e. The molecule has 0 aliphatic carbocycles. The van der Waals surface area contributed by atoms with Crippen molar-refractivity contribution in [3.8, 4) is 6.07 Å². The predicted octanol–water partition coefficient (Wildman–Crippen LogP) is 2.17. The van der Waals surface area contributed by atoms with Gasteiger partial charge >= 0.3 is 0 Å². The molecule has 0 fully saturated rings. The number of hydrogen-bond donors (Lipinski definition) is 1.